The van der Waals surface area contributed by atoms with Crippen molar-refractivity contribution in [3.05, 3.63) is 119 Å². The molecular formula is C46H58FeN2P2-6. The first-order valence-corrected chi connectivity index (χ1v) is 22.3. The minimum absolute atomic E-state index is 0. The smallest absolute Gasteiger partial charge is 0.0270 e. The van der Waals surface area contributed by atoms with Crippen molar-refractivity contribution < 1.29 is 17.1 Å². The molecule has 1 unspecified atom stereocenters. The fourth-order valence-electron chi connectivity index (χ4n) is 12.9. The molecule has 0 radical (unpaired) electrons. The molecule has 8 bridgehead atoms. The maximum absolute atomic E-state index is 4.95. The first kappa shape index (κ1) is 36.4. The second kappa shape index (κ2) is 14.6. The first-order valence-electron chi connectivity index (χ1n) is 20.1. The van der Waals surface area contributed by atoms with E-state index >= 15 is 0 Å². The Morgan fingerprint density at radius 3 is 1.49 bits per heavy atom. The molecule has 0 amide bonds. The minimum Gasteiger partial charge on any atom is -0.747 e. The predicted molar refractivity (Wildman–Crippen MR) is 213 cm³/mol. The van der Waals surface area contributed by atoms with Gasteiger partial charge in [-0.2, -0.15) is 33.1 Å². The Morgan fingerprint density at radius 1 is 0.667 bits per heavy atom. The summed E-state index contributed by atoms with van der Waals surface area (Å²) in [6.07, 6.45) is 20.9. The molecule has 0 N–H and O–H groups in total. The van der Waals surface area contributed by atoms with Crippen LogP contribution in [0.4, 0.5) is 0 Å². The van der Waals surface area contributed by atoms with Crippen LogP contribution in [0.15, 0.2) is 91.3 Å². The van der Waals surface area contributed by atoms with Crippen LogP contribution in [0.25, 0.3) is 0 Å². The van der Waals surface area contributed by atoms with Gasteiger partial charge in [0.2, 0.25) is 0 Å². The standard InChI is InChI=1S/C37H45N2P2.C9H13.Fe/c40-37(33-8-1-3-10-38-33,34-9-2-4-11-39-34)32-7-5-6-27(32)22-41(35-28-14-23-12-24(16-28)17-29(35)15-23)36-30-18-25-13-26(20-30)21-31(36)19-25;1-9(2,3)8-6-4-5-7-8;/h1-11,23-26,28-31,35-36H,12-22,40H2;4-7H,1-3H3;/q-5;-1;. The van der Waals surface area contributed by atoms with Crippen LogP contribution in [-0.2, 0) is 33.8 Å². The zero-order valence-electron chi connectivity index (χ0n) is 31.0. The summed E-state index contributed by atoms with van der Waals surface area (Å²) in [5.74, 6) is 8.36. The van der Waals surface area contributed by atoms with E-state index in [1.165, 1.54) is 17.3 Å². The Morgan fingerprint density at radius 2 is 1.12 bits per heavy atom. The summed E-state index contributed by atoms with van der Waals surface area (Å²) < 4.78 is 0. The van der Waals surface area contributed by atoms with Gasteiger partial charge in [-0.05, 0) is 147 Å². The minimum atomic E-state index is -0.420. The maximum atomic E-state index is 4.95. The van der Waals surface area contributed by atoms with Gasteiger partial charge in [0.05, 0.1) is 0 Å². The summed E-state index contributed by atoms with van der Waals surface area (Å²) >= 11 is 0. The van der Waals surface area contributed by atoms with Gasteiger partial charge in [0.15, 0.2) is 0 Å². The van der Waals surface area contributed by atoms with Crippen molar-refractivity contribution in [1.29, 1.82) is 0 Å². The van der Waals surface area contributed by atoms with E-state index in [4.69, 9.17) is 9.97 Å². The normalized spacial score (nSPS) is 33.7. The number of rotatable bonds is 7. The molecular weight excluding hydrogens is 698 g/mol. The Kier molecular flexibility index (Phi) is 10.4. The Balaban J connectivity index is 0.000000330. The van der Waals surface area contributed by atoms with Crippen LogP contribution in [0.5, 0.6) is 0 Å². The molecule has 4 aromatic rings. The number of hydrogen-bond donors (Lipinski definition) is 0. The van der Waals surface area contributed by atoms with E-state index in [-0.39, 0.29) is 25.0 Å². The Labute approximate surface area is 322 Å². The molecule has 2 aromatic heterocycles. The zero-order chi connectivity index (χ0) is 34.0. The average molecular weight is 757 g/mol. The third-order valence-electron chi connectivity index (χ3n) is 14.5. The van der Waals surface area contributed by atoms with Crippen LogP contribution in [0.2, 0.25) is 0 Å². The van der Waals surface area contributed by atoms with Crippen LogP contribution in [0.3, 0.4) is 0 Å². The summed E-state index contributed by atoms with van der Waals surface area (Å²) in [5.41, 5.74) is 8.99. The molecule has 1 atom stereocenters. The SMILES string of the molecule is CC(C)(C)[c-]1cccc1.PC(c1ccccn1)(c1ccccn1)[c-]1[cH-][cH-][cH-][c-]1CP(C1C2CC3CC(C2)CC1C3)C1C2CC3CC(C2)CC1C3.[Fe]. The number of hydrogen-bond acceptors (Lipinski definition) is 2. The van der Waals surface area contributed by atoms with Crippen LogP contribution >= 0.6 is 17.2 Å². The molecule has 2 aromatic carbocycles. The van der Waals surface area contributed by atoms with E-state index < -0.39 is 5.16 Å². The molecule has 12 rings (SSSR count). The van der Waals surface area contributed by atoms with Crippen molar-refractivity contribution >= 4 is 17.2 Å². The quantitative estimate of drug-likeness (QED) is 0.107. The van der Waals surface area contributed by atoms with Gasteiger partial charge in [0.1, 0.15) is 0 Å². The topological polar surface area (TPSA) is 25.8 Å². The second-order valence-electron chi connectivity index (χ2n) is 18.6. The van der Waals surface area contributed by atoms with Gasteiger partial charge in [-0.25, -0.2) is 12.1 Å². The van der Waals surface area contributed by atoms with E-state index in [1.807, 2.05) is 24.5 Å². The second-order valence-corrected chi connectivity index (χ2v) is 22.0. The summed E-state index contributed by atoms with van der Waals surface area (Å²) in [5, 5.41) is -0.420. The molecule has 8 aliphatic carbocycles. The van der Waals surface area contributed by atoms with Gasteiger partial charge < -0.3 is 29.3 Å². The largest absolute Gasteiger partial charge is 0.747 e. The molecule has 2 heterocycles. The van der Waals surface area contributed by atoms with Gasteiger partial charge in [-0.1, -0.05) is 43.5 Å². The van der Waals surface area contributed by atoms with Crippen LogP contribution in [0, 0.1) is 47.3 Å². The molecule has 0 spiro atoms. The summed E-state index contributed by atoms with van der Waals surface area (Å²) in [4.78, 5) is 9.89. The molecule has 8 aliphatic rings. The third kappa shape index (κ3) is 6.84. The van der Waals surface area contributed by atoms with Gasteiger partial charge in [-0.15, -0.1) is 7.92 Å². The third-order valence-corrected chi connectivity index (χ3v) is 19.3. The Hall–Kier alpha value is -1.62. The maximum Gasteiger partial charge on any atom is 0.0270 e. The van der Waals surface area contributed by atoms with E-state index in [2.05, 4.69) is 96.7 Å². The zero-order valence-corrected chi connectivity index (χ0v) is 34.1. The van der Waals surface area contributed by atoms with E-state index in [0.717, 1.165) is 70.0 Å². The molecule has 0 saturated heterocycles. The Bertz CT molecular complexity index is 1590. The van der Waals surface area contributed by atoms with Gasteiger partial charge in [0.25, 0.3) is 0 Å². The first-order chi connectivity index (χ1) is 24.2. The fraction of sp³-hybridized carbons (Fsp3) is 0.565. The summed E-state index contributed by atoms with van der Waals surface area (Å²) in [6.45, 7) is 6.67. The van der Waals surface area contributed by atoms with Crippen molar-refractivity contribution in [3.63, 3.8) is 0 Å². The summed E-state index contributed by atoms with van der Waals surface area (Å²) in [7, 11) is 3.19. The van der Waals surface area contributed by atoms with Gasteiger partial charge in [0, 0.05) is 40.9 Å². The fourth-order valence-corrected chi connectivity index (χ4v) is 18.2. The molecule has 51 heavy (non-hydrogen) atoms. The molecule has 2 nitrogen and oxygen atoms in total. The van der Waals surface area contributed by atoms with Gasteiger partial charge >= 0.3 is 0 Å². The molecule has 8 saturated carbocycles. The van der Waals surface area contributed by atoms with Crippen molar-refractivity contribution in [3.8, 4) is 0 Å². The van der Waals surface area contributed by atoms with E-state index in [9.17, 15) is 0 Å². The van der Waals surface area contributed by atoms with Crippen LogP contribution in [-0.4, -0.2) is 21.3 Å². The summed E-state index contributed by atoms with van der Waals surface area (Å²) in [6, 6.07) is 28.5. The average Bonchev–Trinajstić information content (AvgIpc) is 3.82. The van der Waals surface area contributed by atoms with Crippen LogP contribution in [0.1, 0.15) is 113 Å². The van der Waals surface area contributed by atoms with Crippen molar-refractivity contribution in [2.45, 2.75) is 113 Å². The molecule has 8 fully saturated rings. The molecule has 5 heteroatoms. The molecule has 0 aliphatic heterocycles. The van der Waals surface area contributed by atoms with Crippen molar-refractivity contribution in [2.75, 3.05) is 0 Å². The predicted octanol–water partition coefficient (Wildman–Crippen LogP) is 11.7. The van der Waals surface area contributed by atoms with Crippen molar-refractivity contribution in [1.82, 2.24) is 9.97 Å². The number of pyridine rings is 2. The number of aromatic nitrogens is 2. The van der Waals surface area contributed by atoms with Crippen LogP contribution < -0.4 is 0 Å². The molecule has 276 valence electrons. The van der Waals surface area contributed by atoms with E-state index in [0.29, 0.717) is 5.41 Å². The van der Waals surface area contributed by atoms with E-state index in [1.54, 1.807) is 69.8 Å². The number of nitrogens with zero attached hydrogens (tertiary/aromatic N) is 2. The monoisotopic (exact) mass is 756 g/mol. The van der Waals surface area contributed by atoms with Gasteiger partial charge in [-0.3, -0.25) is 9.97 Å². The van der Waals surface area contributed by atoms with Crippen molar-refractivity contribution in [2.24, 2.45) is 47.3 Å².